The summed E-state index contributed by atoms with van der Waals surface area (Å²) in [6.07, 6.45) is 13.6. The summed E-state index contributed by atoms with van der Waals surface area (Å²) in [5.41, 5.74) is 0. The Labute approximate surface area is 126 Å². The fraction of sp³-hybridized carbons (Fsp3) is 0.941. The van der Waals surface area contributed by atoms with Crippen molar-refractivity contribution in [1.82, 2.24) is 5.32 Å². The normalized spacial score (nSPS) is 11.0. The molecule has 0 bridgehead atoms. The Morgan fingerprint density at radius 3 is 1.95 bits per heavy atom. The van der Waals surface area contributed by atoms with Crippen LogP contribution in [0.25, 0.3) is 0 Å². The quantitative estimate of drug-likeness (QED) is 0.473. The number of carbonyl (C=O) groups excluding carboxylic acids is 1. The van der Waals surface area contributed by atoms with Crippen LogP contribution in [-0.4, -0.2) is 33.1 Å². The Hall–Kier alpha value is -0.570. The number of nitrogens with one attached hydrogen (secondary N) is 2. The van der Waals surface area contributed by atoms with Crippen LogP contribution in [0.4, 0.5) is 0 Å². The molecular formula is C17H37N2O+. The molecule has 0 atom stereocenters. The van der Waals surface area contributed by atoms with E-state index in [1.807, 2.05) is 0 Å². The van der Waals surface area contributed by atoms with E-state index >= 15 is 0 Å². The molecule has 120 valence electrons. The van der Waals surface area contributed by atoms with E-state index in [0.29, 0.717) is 6.42 Å². The predicted octanol–water partition coefficient (Wildman–Crippen LogP) is 2.56. The molecule has 0 heterocycles. The molecule has 0 aromatic rings. The maximum Gasteiger partial charge on any atom is 0.219 e. The highest BCUT2D eigenvalue weighted by molar-refractivity contribution is 5.75. The molecule has 3 nitrogen and oxygen atoms in total. The van der Waals surface area contributed by atoms with Crippen molar-refractivity contribution in [3.8, 4) is 0 Å². The second-order valence-corrected chi connectivity index (χ2v) is 6.24. The van der Waals surface area contributed by atoms with Crippen molar-refractivity contribution in [3.05, 3.63) is 0 Å². The molecule has 0 saturated carbocycles. The number of carbonyl (C=O) groups is 1. The Morgan fingerprint density at radius 2 is 1.40 bits per heavy atom. The van der Waals surface area contributed by atoms with Crippen LogP contribution in [0.1, 0.15) is 77.6 Å². The van der Waals surface area contributed by atoms with E-state index in [2.05, 4.69) is 26.3 Å². The number of hydrogen-bond acceptors (Lipinski definition) is 1. The van der Waals surface area contributed by atoms with Gasteiger partial charge >= 0.3 is 0 Å². The van der Waals surface area contributed by atoms with Crippen molar-refractivity contribution in [2.75, 3.05) is 27.2 Å². The van der Waals surface area contributed by atoms with Crippen LogP contribution in [-0.2, 0) is 4.79 Å². The second kappa shape index (κ2) is 14.8. The molecule has 0 fully saturated rings. The van der Waals surface area contributed by atoms with Gasteiger partial charge in [0.25, 0.3) is 0 Å². The lowest BCUT2D eigenvalue weighted by molar-refractivity contribution is -0.858. The van der Waals surface area contributed by atoms with Crippen LogP contribution in [0.2, 0.25) is 0 Å². The lowest BCUT2D eigenvalue weighted by Crippen LogP contribution is -3.05. The Kier molecular flexibility index (Phi) is 14.4. The predicted molar refractivity (Wildman–Crippen MR) is 87.1 cm³/mol. The summed E-state index contributed by atoms with van der Waals surface area (Å²) in [6, 6.07) is 0. The summed E-state index contributed by atoms with van der Waals surface area (Å²) in [7, 11) is 4.29. The number of unbranched alkanes of at least 4 members (excludes halogenated alkanes) is 8. The summed E-state index contributed by atoms with van der Waals surface area (Å²) in [4.78, 5) is 13.0. The third kappa shape index (κ3) is 15.5. The summed E-state index contributed by atoms with van der Waals surface area (Å²) >= 11 is 0. The lowest BCUT2D eigenvalue weighted by Gasteiger charge is -2.08. The molecule has 2 N–H and O–H groups in total. The van der Waals surface area contributed by atoms with E-state index in [1.165, 1.54) is 56.3 Å². The molecule has 0 rings (SSSR count). The molecule has 0 unspecified atom stereocenters. The van der Waals surface area contributed by atoms with Gasteiger partial charge in [0, 0.05) is 19.4 Å². The minimum absolute atomic E-state index is 0.238. The van der Waals surface area contributed by atoms with Gasteiger partial charge in [0.05, 0.1) is 20.6 Å². The minimum Gasteiger partial charge on any atom is -0.356 e. The molecule has 0 aromatic heterocycles. The maximum absolute atomic E-state index is 11.6. The molecular weight excluding hydrogens is 248 g/mol. The van der Waals surface area contributed by atoms with Crippen molar-refractivity contribution >= 4 is 5.91 Å². The van der Waals surface area contributed by atoms with Gasteiger partial charge in [-0.25, -0.2) is 0 Å². The third-order valence-electron chi connectivity index (χ3n) is 3.68. The minimum atomic E-state index is 0.238. The van der Waals surface area contributed by atoms with E-state index in [4.69, 9.17) is 0 Å². The van der Waals surface area contributed by atoms with E-state index in [-0.39, 0.29) is 5.91 Å². The van der Waals surface area contributed by atoms with E-state index in [1.54, 1.807) is 0 Å². The molecule has 0 aliphatic rings. The Balaban J connectivity index is 3.15. The zero-order valence-electron chi connectivity index (χ0n) is 14.1. The summed E-state index contributed by atoms with van der Waals surface area (Å²) in [5, 5.41) is 3.01. The topological polar surface area (TPSA) is 33.5 Å². The highest BCUT2D eigenvalue weighted by Gasteiger charge is 2.01. The Morgan fingerprint density at radius 1 is 0.850 bits per heavy atom. The van der Waals surface area contributed by atoms with Crippen LogP contribution in [0.5, 0.6) is 0 Å². The van der Waals surface area contributed by atoms with Crippen LogP contribution >= 0.6 is 0 Å². The molecule has 0 aliphatic heterocycles. The smallest absolute Gasteiger partial charge is 0.219 e. The molecule has 0 radical (unpaired) electrons. The first-order valence-corrected chi connectivity index (χ1v) is 8.72. The molecule has 0 aliphatic carbocycles. The van der Waals surface area contributed by atoms with Gasteiger partial charge in [-0.15, -0.1) is 0 Å². The zero-order chi connectivity index (χ0) is 15.1. The number of rotatable bonds is 14. The van der Waals surface area contributed by atoms with E-state index in [9.17, 15) is 4.79 Å². The first-order valence-electron chi connectivity index (χ1n) is 8.72. The van der Waals surface area contributed by atoms with Crippen molar-refractivity contribution in [1.29, 1.82) is 0 Å². The van der Waals surface area contributed by atoms with Crippen LogP contribution in [0.3, 0.4) is 0 Å². The summed E-state index contributed by atoms with van der Waals surface area (Å²) in [6.45, 7) is 4.21. The molecule has 20 heavy (non-hydrogen) atoms. The molecule has 0 saturated heterocycles. The monoisotopic (exact) mass is 285 g/mol. The zero-order valence-corrected chi connectivity index (χ0v) is 14.1. The van der Waals surface area contributed by atoms with Gasteiger partial charge < -0.3 is 10.2 Å². The van der Waals surface area contributed by atoms with Crippen molar-refractivity contribution in [3.63, 3.8) is 0 Å². The first-order chi connectivity index (χ1) is 9.66. The van der Waals surface area contributed by atoms with Crippen LogP contribution < -0.4 is 10.2 Å². The standard InChI is InChI=1S/C17H36N2O/c1-4-5-6-7-8-9-10-11-12-14-17(20)18-15-13-16-19(2)3/h4-16H2,1-3H3,(H,18,20)/p+1. The fourth-order valence-corrected chi connectivity index (χ4v) is 2.35. The Bertz CT molecular complexity index is 217. The maximum atomic E-state index is 11.6. The van der Waals surface area contributed by atoms with Gasteiger partial charge in [0.2, 0.25) is 5.91 Å². The second-order valence-electron chi connectivity index (χ2n) is 6.24. The summed E-state index contributed by atoms with van der Waals surface area (Å²) in [5.74, 6) is 0.238. The first kappa shape index (κ1) is 19.4. The van der Waals surface area contributed by atoms with Gasteiger partial charge in [-0.05, 0) is 6.42 Å². The fourth-order valence-electron chi connectivity index (χ4n) is 2.35. The highest BCUT2D eigenvalue weighted by Crippen LogP contribution is 2.10. The molecule has 0 spiro atoms. The molecule has 1 amide bonds. The summed E-state index contributed by atoms with van der Waals surface area (Å²) < 4.78 is 0. The van der Waals surface area contributed by atoms with Crippen LogP contribution in [0, 0.1) is 0 Å². The molecule has 3 heteroatoms. The third-order valence-corrected chi connectivity index (χ3v) is 3.68. The van der Waals surface area contributed by atoms with Crippen LogP contribution in [0.15, 0.2) is 0 Å². The van der Waals surface area contributed by atoms with E-state index in [0.717, 1.165) is 25.9 Å². The van der Waals surface area contributed by atoms with Gasteiger partial charge in [0.1, 0.15) is 0 Å². The average molecular weight is 285 g/mol. The van der Waals surface area contributed by atoms with Crippen molar-refractivity contribution in [2.24, 2.45) is 0 Å². The molecule has 0 aromatic carbocycles. The number of quaternary nitrogens is 1. The average Bonchev–Trinajstić information content (AvgIpc) is 2.41. The van der Waals surface area contributed by atoms with E-state index < -0.39 is 0 Å². The largest absolute Gasteiger partial charge is 0.356 e. The van der Waals surface area contributed by atoms with Gasteiger partial charge in [0.15, 0.2) is 0 Å². The lowest BCUT2D eigenvalue weighted by atomic mass is 10.1. The number of hydrogen-bond donors (Lipinski definition) is 2. The SMILES string of the molecule is CCCCCCCCCCCC(=O)NCCC[NH+](C)C. The van der Waals surface area contributed by atoms with Crippen molar-refractivity contribution < 1.29 is 9.69 Å². The number of amides is 1. The van der Waals surface area contributed by atoms with Gasteiger partial charge in [-0.1, -0.05) is 58.3 Å². The van der Waals surface area contributed by atoms with Gasteiger partial charge in [-0.3, -0.25) is 4.79 Å². The van der Waals surface area contributed by atoms with Crippen molar-refractivity contribution in [2.45, 2.75) is 77.6 Å². The highest BCUT2D eigenvalue weighted by atomic mass is 16.1. The van der Waals surface area contributed by atoms with Gasteiger partial charge in [-0.2, -0.15) is 0 Å².